The third-order valence-electron chi connectivity index (χ3n) is 5.33. The molecule has 1 aliphatic rings. The number of aryl methyl sites for hydroxylation is 2. The van der Waals surface area contributed by atoms with Crippen LogP contribution < -0.4 is 0 Å². The van der Waals surface area contributed by atoms with Gasteiger partial charge < -0.3 is 10.0 Å². The number of hydrogen-bond acceptors (Lipinski definition) is 6. The van der Waals surface area contributed by atoms with E-state index in [1.807, 2.05) is 11.8 Å². The Morgan fingerprint density at radius 2 is 1.89 bits per heavy atom. The largest absolute Gasteiger partial charge is 0.492 e. The van der Waals surface area contributed by atoms with Crippen LogP contribution >= 0.6 is 11.3 Å². The average molecular weight is 400 g/mol. The first-order valence-corrected chi connectivity index (χ1v) is 10.4. The molecule has 0 saturated carbocycles. The summed E-state index contributed by atoms with van der Waals surface area (Å²) in [5, 5.41) is 15.4. The van der Waals surface area contributed by atoms with Gasteiger partial charge >= 0.3 is 0 Å². The van der Waals surface area contributed by atoms with Crippen molar-refractivity contribution in [2.24, 2.45) is 0 Å². The number of piperazine rings is 1. The van der Waals surface area contributed by atoms with Gasteiger partial charge in [-0.1, -0.05) is 48.1 Å². The fourth-order valence-corrected chi connectivity index (χ4v) is 4.83. The van der Waals surface area contributed by atoms with Crippen LogP contribution in [0.15, 0.2) is 24.3 Å². The standard InChI is InChI=1S/C20H25N5O2S/c1-4-16-21-20-25(22-16)19(27)18(28-20)17(15-7-5-13(2)6-8-15)24-11-9-23(10-12-24)14(3)26/h5-8,17,27H,4,9-12H2,1-3H3/t17-/m0/s1. The summed E-state index contributed by atoms with van der Waals surface area (Å²) in [7, 11) is 0. The van der Waals surface area contributed by atoms with E-state index in [0.29, 0.717) is 18.1 Å². The second-order valence-electron chi connectivity index (χ2n) is 7.22. The maximum atomic E-state index is 11.7. The average Bonchev–Trinajstić information content (AvgIpc) is 3.23. The monoisotopic (exact) mass is 399 g/mol. The van der Waals surface area contributed by atoms with Crippen LogP contribution in [0.4, 0.5) is 0 Å². The predicted octanol–water partition coefficient (Wildman–Crippen LogP) is 2.62. The van der Waals surface area contributed by atoms with Gasteiger partial charge in [-0.05, 0) is 12.5 Å². The summed E-state index contributed by atoms with van der Waals surface area (Å²) in [5.74, 6) is 1.00. The number of thiazole rings is 1. The van der Waals surface area contributed by atoms with E-state index >= 15 is 0 Å². The molecule has 1 aromatic carbocycles. The molecular formula is C20H25N5O2S. The summed E-state index contributed by atoms with van der Waals surface area (Å²) in [6.07, 6.45) is 0.734. The van der Waals surface area contributed by atoms with Crippen LogP contribution in [-0.2, 0) is 11.2 Å². The van der Waals surface area contributed by atoms with Gasteiger partial charge in [0.15, 0.2) is 5.82 Å². The fraction of sp³-hybridized carbons (Fsp3) is 0.450. The smallest absolute Gasteiger partial charge is 0.230 e. The highest BCUT2D eigenvalue weighted by Crippen LogP contribution is 2.40. The lowest BCUT2D eigenvalue weighted by molar-refractivity contribution is -0.130. The van der Waals surface area contributed by atoms with Crippen LogP contribution in [0.2, 0.25) is 0 Å². The molecule has 1 fully saturated rings. The number of aromatic hydroxyl groups is 1. The van der Waals surface area contributed by atoms with Crippen molar-refractivity contribution in [1.29, 1.82) is 0 Å². The van der Waals surface area contributed by atoms with E-state index in [4.69, 9.17) is 0 Å². The number of nitrogens with zero attached hydrogens (tertiary/aromatic N) is 5. The summed E-state index contributed by atoms with van der Waals surface area (Å²) in [5.41, 5.74) is 2.32. The van der Waals surface area contributed by atoms with Gasteiger partial charge in [0.05, 0.1) is 10.9 Å². The molecule has 1 atom stereocenters. The molecule has 2 aromatic heterocycles. The fourth-order valence-electron chi connectivity index (χ4n) is 3.69. The van der Waals surface area contributed by atoms with Crippen molar-refractivity contribution in [3.05, 3.63) is 46.1 Å². The number of aromatic nitrogens is 3. The van der Waals surface area contributed by atoms with Gasteiger partial charge in [-0.15, -0.1) is 5.10 Å². The summed E-state index contributed by atoms with van der Waals surface area (Å²) in [4.78, 5) is 22.0. The SMILES string of the molecule is CCc1nc2sc([C@H](c3ccc(C)cc3)N3CCN(C(C)=O)CC3)c(O)n2n1. The number of benzene rings is 1. The van der Waals surface area contributed by atoms with Gasteiger partial charge in [-0.25, -0.2) is 4.98 Å². The second kappa shape index (κ2) is 7.52. The molecule has 3 aromatic rings. The predicted molar refractivity (Wildman–Crippen MR) is 109 cm³/mol. The third-order valence-corrected chi connectivity index (χ3v) is 6.40. The van der Waals surface area contributed by atoms with Crippen LogP contribution in [0.1, 0.15) is 41.7 Å². The molecule has 1 N–H and O–H groups in total. The number of rotatable bonds is 4. The maximum Gasteiger partial charge on any atom is 0.230 e. The topological polar surface area (TPSA) is 74.0 Å². The van der Waals surface area contributed by atoms with Gasteiger partial charge in [0.25, 0.3) is 0 Å². The van der Waals surface area contributed by atoms with Gasteiger partial charge in [0, 0.05) is 39.5 Å². The van der Waals surface area contributed by atoms with Crippen LogP contribution in [0.3, 0.4) is 0 Å². The van der Waals surface area contributed by atoms with E-state index in [1.54, 1.807) is 11.4 Å². The Bertz CT molecular complexity index is 986. The number of carbonyl (C=O) groups is 1. The minimum Gasteiger partial charge on any atom is -0.492 e. The lowest BCUT2D eigenvalue weighted by atomic mass is 10.0. The first-order valence-electron chi connectivity index (χ1n) is 9.61. The quantitative estimate of drug-likeness (QED) is 0.730. The zero-order valence-electron chi connectivity index (χ0n) is 16.4. The Balaban J connectivity index is 1.73. The van der Waals surface area contributed by atoms with Crippen molar-refractivity contribution in [2.75, 3.05) is 26.2 Å². The summed E-state index contributed by atoms with van der Waals surface area (Å²) in [6.45, 7) is 8.58. The molecule has 0 radical (unpaired) electrons. The molecule has 0 spiro atoms. The molecular weight excluding hydrogens is 374 g/mol. The number of hydrogen-bond donors (Lipinski definition) is 1. The van der Waals surface area contributed by atoms with Crippen molar-refractivity contribution in [3.8, 4) is 5.88 Å². The Morgan fingerprint density at radius 1 is 1.21 bits per heavy atom. The van der Waals surface area contributed by atoms with Gasteiger partial charge in [0.1, 0.15) is 0 Å². The highest BCUT2D eigenvalue weighted by atomic mass is 32.1. The molecule has 28 heavy (non-hydrogen) atoms. The normalized spacial score (nSPS) is 16.6. The second-order valence-corrected chi connectivity index (χ2v) is 8.23. The first kappa shape index (κ1) is 18.9. The number of carbonyl (C=O) groups excluding carboxylic acids is 1. The highest BCUT2D eigenvalue weighted by Gasteiger charge is 2.32. The molecule has 1 saturated heterocycles. The first-order chi connectivity index (χ1) is 13.5. The molecule has 0 unspecified atom stereocenters. The molecule has 1 amide bonds. The van der Waals surface area contributed by atoms with Crippen molar-refractivity contribution in [1.82, 2.24) is 24.4 Å². The molecule has 0 bridgehead atoms. The Labute approximate surface area is 168 Å². The van der Waals surface area contributed by atoms with Crippen molar-refractivity contribution in [3.63, 3.8) is 0 Å². The number of fused-ring (bicyclic) bond motifs is 1. The minimum atomic E-state index is -0.0896. The Kier molecular flexibility index (Phi) is 5.07. The lowest BCUT2D eigenvalue weighted by Crippen LogP contribution is -2.49. The van der Waals surface area contributed by atoms with Crippen molar-refractivity contribution in [2.45, 2.75) is 33.2 Å². The Hall–Kier alpha value is -2.45. The molecule has 148 valence electrons. The molecule has 7 nitrogen and oxygen atoms in total. The van der Waals surface area contributed by atoms with Crippen molar-refractivity contribution >= 4 is 22.2 Å². The van der Waals surface area contributed by atoms with E-state index in [2.05, 4.69) is 46.2 Å². The van der Waals surface area contributed by atoms with Gasteiger partial charge in [-0.2, -0.15) is 4.52 Å². The molecule has 0 aliphatic carbocycles. The zero-order valence-corrected chi connectivity index (χ0v) is 17.2. The maximum absolute atomic E-state index is 11.7. The minimum absolute atomic E-state index is 0.0896. The summed E-state index contributed by atoms with van der Waals surface area (Å²) in [6, 6.07) is 8.33. The van der Waals surface area contributed by atoms with Crippen LogP contribution in [0.5, 0.6) is 5.88 Å². The third kappa shape index (κ3) is 3.38. The van der Waals surface area contributed by atoms with Crippen molar-refractivity contribution < 1.29 is 9.90 Å². The summed E-state index contributed by atoms with van der Waals surface area (Å²) >= 11 is 1.49. The van der Waals surface area contributed by atoms with E-state index < -0.39 is 0 Å². The lowest BCUT2D eigenvalue weighted by Gasteiger charge is -2.38. The molecule has 4 rings (SSSR count). The van der Waals surface area contributed by atoms with Crippen LogP contribution in [0.25, 0.3) is 4.96 Å². The number of amides is 1. The van der Waals surface area contributed by atoms with E-state index in [9.17, 15) is 9.90 Å². The van der Waals surface area contributed by atoms with E-state index in [-0.39, 0.29) is 17.8 Å². The molecule has 1 aliphatic heterocycles. The van der Waals surface area contributed by atoms with Gasteiger partial charge in [-0.3, -0.25) is 9.69 Å². The van der Waals surface area contributed by atoms with Gasteiger partial charge in [0.2, 0.25) is 16.7 Å². The van der Waals surface area contributed by atoms with E-state index in [1.165, 1.54) is 16.9 Å². The summed E-state index contributed by atoms with van der Waals surface area (Å²) < 4.78 is 1.55. The molecule has 3 heterocycles. The van der Waals surface area contributed by atoms with Crippen LogP contribution in [-0.4, -0.2) is 61.6 Å². The Morgan fingerprint density at radius 3 is 2.46 bits per heavy atom. The van der Waals surface area contributed by atoms with E-state index in [0.717, 1.165) is 35.8 Å². The highest BCUT2D eigenvalue weighted by molar-refractivity contribution is 7.17. The molecule has 8 heteroatoms. The van der Waals surface area contributed by atoms with Crippen LogP contribution in [0, 0.1) is 6.92 Å². The zero-order chi connectivity index (χ0) is 19.8.